The summed E-state index contributed by atoms with van der Waals surface area (Å²) in [6.07, 6.45) is 1.94. The van der Waals surface area contributed by atoms with E-state index in [4.69, 9.17) is 4.99 Å². The molecule has 2 atom stereocenters. The highest BCUT2D eigenvalue weighted by Gasteiger charge is 2.12. The van der Waals surface area contributed by atoms with Gasteiger partial charge in [-0.1, -0.05) is 20.8 Å². The van der Waals surface area contributed by atoms with Crippen molar-refractivity contribution in [3.63, 3.8) is 0 Å². The number of nitrogens with zero attached hydrogens (tertiary/aromatic N) is 3. The van der Waals surface area contributed by atoms with Crippen molar-refractivity contribution in [1.82, 2.24) is 20.4 Å². The van der Waals surface area contributed by atoms with Gasteiger partial charge in [-0.25, -0.2) is 0 Å². The minimum atomic E-state index is 0.242. The van der Waals surface area contributed by atoms with E-state index in [1.807, 2.05) is 6.92 Å². The van der Waals surface area contributed by atoms with Gasteiger partial charge in [0.25, 0.3) is 0 Å². The lowest BCUT2D eigenvalue weighted by Crippen LogP contribution is -2.40. The summed E-state index contributed by atoms with van der Waals surface area (Å²) >= 11 is 0. The van der Waals surface area contributed by atoms with Crippen molar-refractivity contribution in [3.05, 3.63) is 17.5 Å². The summed E-state index contributed by atoms with van der Waals surface area (Å²) in [5, 5.41) is 20.6. The molecule has 0 aromatic carbocycles. The summed E-state index contributed by atoms with van der Waals surface area (Å²) in [5.41, 5.74) is 2.26. The zero-order chi connectivity index (χ0) is 19.5. The normalized spacial score (nSPS) is 14.5. The van der Waals surface area contributed by atoms with Crippen molar-refractivity contribution in [2.24, 2.45) is 22.7 Å². The van der Waals surface area contributed by atoms with E-state index < -0.39 is 0 Å². The van der Waals surface area contributed by atoms with Gasteiger partial charge in [0.15, 0.2) is 5.96 Å². The fraction of sp³-hybridized carbons (Fsp3) is 0.800. The van der Waals surface area contributed by atoms with Crippen molar-refractivity contribution < 1.29 is 5.11 Å². The van der Waals surface area contributed by atoms with Gasteiger partial charge in [0.05, 0.1) is 5.69 Å². The summed E-state index contributed by atoms with van der Waals surface area (Å²) in [6.45, 7) is 16.4. The summed E-state index contributed by atoms with van der Waals surface area (Å²) in [6, 6.07) is 2.11. The molecule has 0 bridgehead atoms. The summed E-state index contributed by atoms with van der Waals surface area (Å²) in [5.74, 6) is 2.37. The Balaban J connectivity index is 2.56. The van der Waals surface area contributed by atoms with Gasteiger partial charge in [0.2, 0.25) is 0 Å². The molecule has 2 unspecified atom stereocenters. The molecule has 1 heterocycles. The topological polar surface area (TPSA) is 74.5 Å². The van der Waals surface area contributed by atoms with Crippen LogP contribution in [0.1, 0.15) is 51.9 Å². The third-order valence-corrected chi connectivity index (χ3v) is 4.39. The number of aliphatic hydroxyl groups is 1. The highest BCUT2D eigenvalue weighted by Crippen LogP contribution is 2.14. The first-order valence-electron chi connectivity index (χ1n) is 9.99. The molecular formula is C20H39N5O. The summed E-state index contributed by atoms with van der Waals surface area (Å²) in [7, 11) is 0. The van der Waals surface area contributed by atoms with E-state index in [1.54, 1.807) is 0 Å². The fourth-order valence-electron chi connectivity index (χ4n) is 3.20. The number of aryl methyl sites for hydroxylation is 2. The Morgan fingerprint density at radius 2 is 2.00 bits per heavy atom. The standard InChI is InChI=1S/C20H39N5O/c1-7-21-20(23-13-19(8-9-26)10-15(2)3)22-12-16(4)14-25-18(6)11-17(5)24-25/h11,15-16,19,26H,7-10,12-14H2,1-6H3,(H2,21,22,23). The first kappa shape index (κ1) is 22.5. The van der Waals surface area contributed by atoms with Crippen LogP contribution in [0.2, 0.25) is 0 Å². The first-order valence-corrected chi connectivity index (χ1v) is 9.99. The van der Waals surface area contributed by atoms with Crippen molar-refractivity contribution >= 4 is 5.96 Å². The molecule has 3 N–H and O–H groups in total. The molecule has 0 aliphatic rings. The minimum absolute atomic E-state index is 0.242. The SMILES string of the molecule is CCNC(=NCC(C)Cn1nc(C)cc1C)NCC(CCO)CC(C)C. The average Bonchev–Trinajstić information content (AvgIpc) is 2.87. The summed E-state index contributed by atoms with van der Waals surface area (Å²) in [4.78, 5) is 4.75. The van der Waals surface area contributed by atoms with E-state index in [-0.39, 0.29) is 6.61 Å². The molecule has 0 fully saturated rings. The molecule has 1 aromatic rings. The monoisotopic (exact) mass is 365 g/mol. The van der Waals surface area contributed by atoms with E-state index in [9.17, 15) is 5.11 Å². The van der Waals surface area contributed by atoms with Gasteiger partial charge in [0, 0.05) is 38.5 Å². The van der Waals surface area contributed by atoms with Crippen molar-refractivity contribution in [2.45, 2.75) is 60.9 Å². The fourth-order valence-corrected chi connectivity index (χ4v) is 3.20. The Morgan fingerprint density at radius 3 is 2.54 bits per heavy atom. The lowest BCUT2D eigenvalue weighted by atomic mass is 9.94. The highest BCUT2D eigenvalue weighted by molar-refractivity contribution is 5.79. The Kier molecular flexibility index (Phi) is 10.3. The highest BCUT2D eigenvalue weighted by atomic mass is 16.3. The van der Waals surface area contributed by atoms with Crippen molar-refractivity contribution in [3.8, 4) is 0 Å². The Morgan fingerprint density at radius 1 is 1.27 bits per heavy atom. The molecule has 0 saturated heterocycles. The molecule has 0 radical (unpaired) electrons. The van der Waals surface area contributed by atoms with Gasteiger partial charge < -0.3 is 15.7 Å². The zero-order valence-electron chi connectivity index (χ0n) is 17.5. The molecule has 1 aromatic heterocycles. The second kappa shape index (κ2) is 11.9. The number of aromatic nitrogens is 2. The lowest BCUT2D eigenvalue weighted by molar-refractivity contribution is 0.243. The number of aliphatic hydroxyl groups excluding tert-OH is 1. The Bertz CT molecular complexity index is 538. The van der Waals surface area contributed by atoms with Gasteiger partial charge in [-0.05, 0) is 57.4 Å². The van der Waals surface area contributed by atoms with Gasteiger partial charge in [0.1, 0.15) is 0 Å². The quantitative estimate of drug-likeness (QED) is 0.416. The molecule has 0 saturated carbocycles. The maximum Gasteiger partial charge on any atom is 0.191 e. The van der Waals surface area contributed by atoms with Crippen LogP contribution in [0.4, 0.5) is 0 Å². The van der Waals surface area contributed by atoms with Crippen molar-refractivity contribution in [1.29, 1.82) is 0 Å². The zero-order valence-corrected chi connectivity index (χ0v) is 17.5. The van der Waals surface area contributed by atoms with Crippen LogP contribution >= 0.6 is 0 Å². The smallest absolute Gasteiger partial charge is 0.191 e. The van der Waals surface area contributed by atoms with Crippen LogP contribution in [0.5, 0.6) is 0 Å². The second-order valence-electron chi connectivity index (χ2n) is 7.82. The van der Waals surface area contributed by atoms with E-state index in [1.165, 1.54) is 5.69 Å². The minimum Gasteiger partial charge on any atom is -0.396 e. The predicted molar refractivity (Wildman–Crippen MR) is 109 cm³/mol. The van der Waals surface area contributed by atoms with Gasteiger partial charge >= 0.3 is 0 Å². The van der Waals surface area contributed by atoms with Gasteiger partial charge in [-0.3, -0.25) is 9.67 Å². The third-order valence-electron chi connectivity index (χ3n) is 4.39. The molecule has 6 nitrogen and oxygen atoms in total. The number of hydrogen-bond acceptors (Lipinski definition) is 3. The van der Waals surface area contributed by atoms with Crippen LogP contribution in [-0.2, 0) is 6.54 Å². The predicted octanol–water partition coefficient (Wildman–Crippen LogP) is 2.74. The Hall–Kier alpha value is -1.56. The maximum absolute atomic E-state index is 9.28. The molecular weight excluding hydrogens is 326 g/mol. The second-order valence-corrected chi connectivity index (χ2v) is 7.82. The summed E-state index contributed by atoms with van der Waals surface area (Å²) < 4.78 is 2.07. The largest absolute Gasteiger partial charge is 0.396 e. The van der Waals surface area contributed by atoms with Gasteiger partial charge in [-0.15, -0.1) is 0 Å². The number of guanidine groups is 1. The van der Waals surface area contributed by atoms with E-state index in [2.05, 4.69) is 61.1 Å². The van der Waals surface area contributed by atoms with E-state index in [0.717, 1.165) is 50.7 Å². The molecule has 0 aliphatic heterocycles. The van der Waals surface area contributed by atoms with Crippen molar-refractivity contribution in [2.75, 3.05) is 26.2 Å². The molecule has 1 rings (SSSR count). The molecule has 0 aliphatic carbocycles. The Labute approximate surface area is 159 Å². The van der Waals surface area contributed by atoms with Crippen LogP contribution in [0.3, 0.4) is 0 Å². The van der Waals surface area contributed by atoms with E-state index >= 15 is 0 Å². The number of rotatable bonds is 11. The first-order chi connectivity index (χ1) is 12.3. The number of nitrogens with one attached hydrogen (secondary N) is 2. The van der Waals surface area contributed by atoms with Crippen LogP contribution < -0.4 is 10.6 Å². The van der Waals surface area contributed by atoms with Gasteiger partial charge in [-0.2, -0.15) is 5.10 Å². The number of hydrogen-bond donors (Lipinski definition) is 3. The maximum atomic E-state index is 9.28. The van der Waals surface area contributed by atoms with Crippen LogP contribution in [0, 0.1) is 31.6 Å². The number of aliphatic imine (C=N–C) groups is 1. The lowest BCUT2D eigenvalue weighted by Gasteiger charge is -2.20. The third kappa shape index (κ3) is 8.70. The molecule has 0 amide bonds. The molecule has 6 heteroatoms. The van der Waals surface area contributed by atoms with Crippen LogP contribution in [0.25, 0.3) is 0 Å². The molecule has 26 heavy (non-hydrogen) atoms. The average molecular weight is 366 g/mol. The molecule has 0 spiro atoms. The van der Waals surface area contributed by atoms with E-state index in [0.29, 0.717) is 17.8 Å². The van der Waals surface area contributed by atoms with Crippen LogP contribution in [0.15, 0.2) is 11.1 Å². The van der Waals surface area contributed by atoms with Crippen LogP contribution in [-0.4, -0.2) is 47.1 Å². The molecule has 150 valence electrons.